The van der Waals surface area contributed by atoms with Gasteiger partial charge in [-0.25, -0.2) is 0 Å². The van der Waals surface area contributed by atoms with Gasteiger partial charge in [0.2, 0.25) is 0 Å². The van der Waals surface area contributed by atoms with Gasteiger partial charge < -0.3 is 10.2 Å². The topological polar surface area (TPSA) is 40.5 Å². The van der Waals surface area contributed by atoms with Gasteiger partial charge in [0.15, 0.2) is 0 Å². The second-order valence-electron chi connectivity index (χ2n) is 7.32. The first-order valence-electron chi connectivity index (χ1n) is 9.03. The van der Waals surface area contributed by atoms with E-state index in [9.17, 15) is 5.11 Å². The quantitative estimate of drug-likeness (QED) is 0.768. The standard InChI is InChI=1S/C18H34O2/c1-2-3-14-4-6-15(7-5-14)16-8-10-17(11-9-16)18(20)12-13-19/h14-20H,2-13H2,1H3. The molecule has 2 nitrogen and oxygen atoms in total. The molecule has 0 spiro atoms. The highest BCUT2D eigenvalue weighted by atomic mass is 16.3. The molecule has 2 aliphatic carbocycles. The molecule has 2 fully saturated rings. The third-order valence-electron chi connectivity index (χ3n) is 6.04. The molecule has 2 heteroatoms. The summed E-state index contributed by atoms with van der Waals surface area (Å²) in [6.45, 7) is 2.44. The number of rotatable bonds is 6. The van der Waals surface area contributed by atoms with Gasteiger partial charge >= 0.3 is 0 Å². The van der Waals surface area contributed by atoms with Crippen LogP contribution in [0.3, 0.4) is 0 Å². The Morgan fingerprint density at radius 1 is 0.900 bits per heavy atom. The van der Waals surface area contributed by atoms with Gasteiger partial charge in [0.25, 0.3) is 0 Å². The van der Waals surface area contributed by atoms with Gasteiger partial charge in [-0.05, 0) is 68.6 Å². The molecule has 2 rings (SSSR count). The fraction of sp³-hybridized carbons (Fsp3) is 1.00. The van der Waals surface area contributed by atoms with Crippen LogP contribution in [0.5, 0.6) is 0 Å². The summed E-state index contributed by atoms with van der Waals surface area (Å²) < 4.78 is 0. The number of hydrogen-bond acceptors (Lipinski definition) is 2. The van der Waals surface area contributed by atoms with Crippen LogP contribution in [-0.4, -0.2) is 22.9 Å². The number of aliphatic hydroxyl groups excluding tert-OH is 2. The third-order valence-corrected chi connectivity index (χ3v) is 6.04. The van der Waals surface area contributed by atoms with Crippen LogP contribution in [0.2, 0.25) is 0 Å². The van der Waals surface area contributed by atoms with Crippen molar-refractivity contribution >= 4 is 0 Å². The zero-order valence-electron chi connectivity index (χ0n) is 13.3. The Morgan fingerprint density at radius 3 is 1.95 bits per heavy atom. The number of hydrogen-bond donors (Lipinski definition) is 2. The van der Waals surface area contributed by atoms with Crippen molar-refractivity contribution in [3.8, 4) is 0 Å². The van der Waals surface area contributed by atoms with Crippen LogP contribution in [0.4, 0.5) is 0 Å². The van der Waals surface area contributed by atoms with Gasteiger partial charge in [0.05, 0.1) is 6.10 Å². The van der Waals surface area contributed by atoms with Crippen molar-refractivity contribution in [1.29, 1.82) is 0 Å². The van der Waals surface area contributed by atoms with Gasteiger partial charge in [0, 0.05) is 6.61 Å². The molecule has 118 valence electrons. The maximum Gasteiger partial charge on any atom is 0.0590 e. The summed E-state index contributed by atoms with van der Waals surface area (Å²) in [5.74, 6) is 3.36. The van der Waals surface area contributed by atoms with E-state index < -0.39 is 0 Å². The first-order valence-corrected chi connectivity index (χ1v) is 9.03. The maximum absolute atomic E-state index is 10.0. The lowest BCUT2D eigenvalue weighted by molar-refractivity contribution is 0.0402. The summed E-state index contributed by atoms with van der Waals surface area (Å²) >= 11 is 0. The van der Waals surface area contributed by atoms with Crippen molar-refractivity contribution in [2.75, 3.05) is 6.61 Å². The van der Waals surface area contributed by atoms with Crippen LogP contribution < -0.4 is 0 Å². The highest BCUT2D eigenvalue weighted by Crippen LogP contribution is 2.42. The van der Waals surface area contributed by atoms with Gasteiger partial charge in [-0.1, -0.05) is 32.6 Å². The van der Waals surface area contributed by atoms with Gasteiger partial charge in [0.1, 0.15) is 0 Å². The Hall–Kier alpha value is -0.0800. The molecule has 1 unspecified atom stereocenters. The maximum atomic E-state index is 10.0. The van der Waals surface area contributed by atoms with E-state index in [2.05, 4.69) is 6.92 Å². The Bertz CT molecular complexity index is 250. The smallest absolute Gasteiger partial charge is 0.0590 e. The monoisotopic (exact) mass is 282 g/mol. The van der Waals surface area contributed by atoms with E-state index in [4.69, 9.17) is 5.11 Å². The molecule has 0 amide bonds. The van der Waals surface area contributed by atoms with E-state index in [-0.39, 0.29) is 12.7 Å². The molecule has 2 N–H and O–H groups in total. The Kier molecular flexibility index (Phi) is 6.83. The molecule has 0 aromatic carbocycles. The summed E-state index contributed by atoms with van der Waals surface area (Å²) in [5, 5.41) is 18.9. The molecule has 0 aromatic heterocycles. The molecule has 2 saturated carbocycles. The van der Waals surface area contributed by atoms with E-state index in [0.717, 1.165) is 17.8 Å². The van der Waals surface area contributed by atoms with Crippen molar-refractivity contribution in [2.45, 2.75) is 83.7 Å². The predicted octanol–water partition coefficient (Wildman–Crippen LogP) is 4.14. The number of aliphatic hydroxyl groups is 2. The van der Waals surface area contributed by atoms with Crippen molar-refractivity contribution in [2.24, 2.45) is 23.7 Å². The SMILES string of the molecule is CCCC1CCC(C2CCC(C(O)CCO)CC2)CC1. The summed E-state index contributed by atoms with van der Waals surface area (Å²) in [7, 11) is 0. The molecule has 0 bridgehead atoms. The zero-order valence-corrected chi connectivity index (χ0v) is 13.3. The average Bonchev–Trinajstić information content (AvgIpc) is 2.49. The van der Waals surface area contributed by atoms with E-state index in [0.29, 0.717) is 12.3 Å². The molecular formula is C18H34O2. The fourth-order valence-electron chi connectivity index (χ4n) is 4.73. The van der Waals surface area contributed by atoms with Crippen molar-refractivity contribution in [3.05, 3.63) is 0 Å². The molecule has 0 radical (unpaired) electrons. The van der Waals surface area contributed by atoms with E-state index in [1.54, 1.807) is 0 Å². The summed E-state index contributed by atoms with van der Waals surface area (Å²) in [6, 6.07) is 0. The van der Waals surface area contributed by atoms with Crippen molar-refractivity contribution in [3.63, 3.8) is 0 Å². The lowest BCUT2D eigenvalue weighted by atomic mass is 9.68. The third kappa shape index (κ3) is 4.46. The highest BCUT2D eigenvalue weighted by molar-refractivity contribution is 4.83. The normalized spacial score (nSPS) is 36.8. The molecule has 0 aromatic rings. The zero-order chi connectivity index (χ0) is 14.4. The second kappa shape index (κ2) is 8.38. The van der Waals surface area contributed by atoms with Crippen LogP contribution in [0, 0.1) is 23.7 Å². The average molecular weight is 282 g/mol. The molecular weight excluding hydrogens is 248 g/mol. The lowest BCUT2D eigenvalue weighted by Crippen LogP contribution is -2.30. The molecule has 0 aliphatic heterocycles. The van der Waals surface area contributed by atoms with Crippen LogP contribution in [0.25, 0.3) is 0 Å². The molecule has 2 aliphatic rings. The van der Waals surface area contributed by atoms with Crippen LogP contribution >= 0.6 is 0 Å². The minimum absolute atomic E-state index is 0.128. The minimum Gasteiger partial charge on any atom is -0.396 e. The highest BCUT2D eigenvalue weighted by Gasteiger charge is 2.32. The summed E-state index contributed by atoms with van der Waals surface area (Å²) in [4.78, 5) is 0. The molecule has 1 atom stereocenters. The minimum atomic E-state index is -0.263. The Morgan fingerprint density at radius 2 is 1.45 bits per heavy atom. The lowest BCUT2D eigenvalue weighted by Gasteiger charge is -2.38. The van der Waals surface area contributed by atoms with Crippen LogP contribution in [0.1, 0.15) is 77.6 Å². The molecule has 0 heterocycles. The summed E-state index contributed by atoms with van der Waals surface area (Å²) in [5.41, 5.74) is 0. The van der Waals surface area contributed by atoms with Crippen LogP contribution in [0.15, 0.2) is 0 Å². The van der Waals surface area contributed by atoms with E-state index in [1.165, 1.54) is 64.2 Å². The molecule has 20 heavy (non-hydrogen) atoms. The largest absolute Gasteiger partial charge is 0.396 e. The van der Waals surface area contributed by atoms with Crippen molar-refractivity contribution < 1.29 is 10.2 Å². The molecule has 0 saturated heterocycles. The summed E-state index contributed by atoms with van der Waals surface area (Å²) in [6.07, 6.45) is 13.9. The van der Waals surface area contributed by atoms with Crippen molar-refractivity contribution in [1.82, 2.24) is 0 Å². The second-order valence-corrected chi connectivity index (χ2v) is 7.32. The Labute approximate surface area is 125 Å². The first kappa shape index (κ1) is 16.3. The first-order chi connectivity index (χ1) is 9.74. The fourth-order valence-corrected chi connectivity index (χ4v) is 4.73. The predicted molar refractivity (Wildman–Crippen MR) is 83.5 cm³/mol. The van der Waals surface area contributed by atoms with E-state index in [1.807, 2.05) is 0 Å². The Balaban J connectivity index is 1.69. The van der Waals surface area contributed by atoms with E-state index >= 15 is 0 Å². The van der Waals surface area contributed by atoms with Gasteiger partial charge in [-0.2, -0.15) is 0 Å². The van der Waals surface area contributed by atoms with Gasteiger partial charge in [-0.3, -0.25) is 0 Å². The van der Waals surface area contributed by atoms with Crippen LogP contribution in [-0.2, 0) is 0 Å². The van der Waals surface area contributed by atoms with Gasteiger partial charge in [-0.15, -0.1) is 0 Å².